The van der Waals surface area contributed by atoms with Crippen molar-refractivity contribution in [3.8, 4) is 17.0 Å². The van der Waals surface area contributed by atoms with E-state index in [1.54, 1.807) is 29.2 Å². The fourth-order valence-electron chi connectivity index (χ4n) is 3.45. The molecule has 2 heterocycles. The lowest BCUT2D eigenvalue weighted by atomic mass is 10.1. The van der Waals surface area contributed by atoms with E-state index in [0.717, 1.165) is 0 Å². The number of amides is 1. The number of phenolic OH excluding ortho intramolecular Hbond substituents is 1. The Morgan fingerprint density at radius 1 is 1.24 bits per heavy atom. The van der Waals surface area contributed by atoms with Crippen molar-refractivity contribution in [2.75, 3.05) is 41.8 Å². The zero-order chi connectivity index (χ0) is 23.4. The Hall–Kier alpha value is -3.69. The number of phenols is 1. The Morgan fingerprint density at radius 3 is 2.76 bits per heavy atom. The van der Waals surface area contributed by atoms with Crippen molar-refractivity contribution in [3.05, 3.63) is 66.1 Å². The van der Waals surface area contributed by atoms with Crippen molar-refractivity contribution in [1.82, 2.24) is 9.97 Å². The molecule has 3 aromatic rings. The molecule has 0 spiro atoms. The first-order chi connectivity index (χ1) is 15.9. The Labute approximate surface area is 194 Å². The molecular weight excluding hydrogens is 449 g/mol. The highest BCUT2D eigenvalue weighted by Crippen LogP contribution is 2.35. The number of nitrogens with zero attached hydrogens (tertiary/aromatic N) is 3. The number of carbonyl (C=O) groups is 1. The van der Waals surface area contributed by atoms with Crippen LogP contribution in [0.4, 0.5) is 27.4 Å². The highest BCUT2D eigenvalue weighted by Gasteiger charge is 2.20. The molecule has 1 aliphatic rings. The maximum atomic E-state index is 14.8. The number of carbonyl (C=O) groups excluding carboxylic acids is 1. The molecular formula is C23H21ClFN5O3. The predicted octanol–water partition coefficient (Wildman–Crippen LogP) is 4.35. The average molecular weight is 470 g/mol. The number of anilines is 4. The van der Waals surface area contributed by atoms with Crippen LogP contribution in [0.2, 0.25) is 5.02 Å². The van der Waals surface area contributed by atoms with Crippen LogP contribution in [0.5, 0.6) is 5.75 Å². The third-order valence-electron chi connectivity index (χ3n) is 4.96. The summed E-state index contributed by atoms with van der Waals surface area (Å²) in [7, 11) is 0. The van der Waals surface area contributed by atoms with Crippen LogP contribution in [-0.2, 0) is 9.53 Å². The van der Waals surface area contributed by atoms with Crippen LogP contribution in [0, 0.1) is 5.82 Å². The van der Waals surface area contributed by atoms with Crippen molar-refractivity contribution in [3.63, 3.8) is 0 Å². The minimum absolute atomic E-state index is 0.139. The highest BCUT2D eigenvalue weighted by atomic mass is 35.5. The number of ether oxygens (including phenoxy) is 1. The topological polar surface area (TPSA) is 99.6 Å². The van der Waals surface area contributed by atoms with Gasteiger partial charge < -0.3 is 25.4 Å². The minimum atomic E-state index is -0.570. The second kappa shape index (κ2) is 9.85. The molecule has 170 valence electrons. The Bertz CT molecular complexity index is 1180. The number of nitrogens with one attached hydrogen (secondary N) is 2. The number of halogens is 2. The van der Waals surface area contributed by atoms with E-state index in [-0.39, 0.29) is 29.0 Å². The van der Waals surface area contributed by atoms with Gasteiger partial charge in [0.25, 0.3) is 0 Å². The molecule has 0 aliphatic carbocycles. The SMILES string of the molecule is C=CC(=O)Nc1cccc(-c2nc(Nc3cc(O)c(N4CCOCC4)c(F)c3)ncc2Cl)c1. The molecule has 0 atom stereocenters. The van der Waals surface area contributed by atoms with Gasteiger partial charge in [0.1, 0.15) is 11.4 Å². The molecule has 8 nitrogen and oxygen atoms in total. The van der Waals surface area contributed by atoms with Gasteiger partial charge in [-0.2, -0.15) is 0 Å². The van der Waals surface area contributed by atoms with Gasteiger partial charge >= 0.3 is 0 Å². The van der Waals surface area contributed by atoms with Crippen LogP contribution in [0.1, 0.15) is 0 Å². The Balaban J connectivity index is 1.59. The molecule has 1 aromatic heterocycles. The van der Waals surface area contributed by atoms with Crippen LogP contribution < -0.4 is 15.5 Å². The van der Waals surface area contributed by atoms with Gasteiger partial charge in [-0.3, -0.25) is 4.79 Å². The van der Waals surface area contributed by atoms with Crippen LogP contribution in [0.3, 0.4) is 0 Å². The molecule has 10 heteroatoms. The zero-order valence-corrected chi connectivity index (χ0v) is 18.3. The number of aromatic hydroxyl groups is 1. The van der Waals surface area contributed by atoms with Gasteiger partial charge in [0, 0.05) is 36.1 Å². The molecule has 4 rings (SSSR count). The van der Waals surface area contributed by atoms with E-state index in [2.05, 4.69) is 27.2 Å². The van der Waals surface area contributed by atoms with Crippen molar-refractivity contribution < 1.29 is 19.0 Å². The Kier molecular flexibility index (Phi) is 6.71. The minimum Gasteiger partial charge on any atom is -0.506 e. The Morgan fingerprint density at radius 2 is 2.03 bits per heavy atom. The quantitative estimate of drug-likeness (QED) is 0.461. The monoisotopic (exact) mass is 469 g/mol. The van der Waals surface area contributed by atoms with Crippen LogP contribution in [0.25, 0.3) is 11.3 Å². The fourth-order valence-corrected chi connectivity index (χ4v) is 3.65. The third-order valence-corrected chi connectivity index (χ3v) is 5.24. The molecule has 3 N–H and O–H groups in total. The highest BCUT2D eigenvalue weighted by molar-refractivity contribution is 6.33. The van der Waals surface area contributed by atoms with Gasteiger partial charge in [-0.1, -0.05) is 30.3 Å². The summed E-state index contributed by atoms with van der Waals surface area (Å²) >= 11 is 6.30. The largest absolute Gasteiger partial charge is 0.506 e. The molecule has 0 unspecified atom stereocenters. The van der Waals surface area contributed by atoms with E-state index >= 15 is 0 Å². The summed E-state index contributed by atoms with van der Waals surface area (Å²) in [6.45, 7) is 5.36. The molecule has 1 amide bonds. The van der Waals surface area contributed by atoms with E-state index in [0.29, 0.717) is 48.3 Å². The van der Waals surface area contributed by atoms with Gasteiger partial charge in [-0.05, 0) is 24.3 Å². The maximum Gasteiger partial charge on any atom is 0.247 e. The molecule has 0 bridgehead atoms. The summed E-state index contributed by atoms with van der Waals surface area (Å²) in [6, 6.07) is 9.65. The molecule has 2 aromatic carbocycles. The van der Waals surface area contributed by atoms with Crippen LogP contribution >= 0.6 is 11.6 Å². The van der Waals surface area contributed by atoms with Crippen LogP contribution in [0.15, 0.2) is 55.3 Å². The number of rotatable bonds is 6. The third kappa shape index (κ3) is 5.21. The standard InChI is InChI=1S/C23H21ClFN5O3/c1-2-20(32)27-15-5-3-4-14(10-15)21-17(24)13-26-23(29-21)28-16-11-18(25)22(19(31)12-16)30-6-8-33-9-7-30/h2-5,10-13,31H,1,6-9H2,(H,27,32)(H,26,28,29). The molecule has 33 heavy (non-hydrogen) atoms. The predicted molar refractivity (Wildman–Crippen MR) is 126 cm³/mol. The first-order valence-corrected chi connectivity index (χ1v) is 10.5. The second-order valence-electron chi connectivity index (χ2n) is 7.21. The lowest BCUT2D eigenvalue weighted by Crippen LogP contribution is -2.36. The lowest BCUT2D eigenvalue weighted by Gasteiger charge is -2.29. The summed E-state index contributed by atoms with van der Waals surface area (Å²) in [5.74, 6) is -0.947. The van der Waals surface area contributed by atoms with Gasteiger partial charge in [0.15, 0.2) is 5.82 Å². The van der Waals surface area contributed by atoms with E-state index in [4.69, 9.17) is 16.3 Å². The number of benzene rings is 2. The van der Waals surface area contributed by atoms with Crippen molar-refractivity contribution in [2.24, 2.45) is 0 Å². The smallest absolute Gasteiger partial charge is 0.247 e. The van der Waals surface area contributed by atoms with E-state index < -0.39 is 5.82 Å². The molecule has 1 saturated heterocycles. The normalized spacial score (nSPS) is 13.5. The van der Waals surface area contributed by atoms with E-state index in [1.165, 1.54) is 24.4 Å². The second-order valence-corrected chi connectivity index (χ2v) is 7.62. The zero-order valence-electron chi connectivity index (χ0n) is 17.5. The number of aromatic nitrogens is 2. The first-order valence-electron chi connectivity index (χ1n) is 10.1. The van der Waals surface area contributed by atoms with Crippen LogP contribution in [-0.4, -0.2) is 47.3 Å². The van der Waals surface area contributed by atoms with Gasteiger partial charge in [0.2, 0.25) is 11.9 Å². The number of hydrogen-bond acceptors (Lipinski definition) is 7. The first kappa shape index (κ1) is 22.5. The summed E-state index contributed by atoms with van der Waals surface area (Å²) < 4.78 is 20.1. The van der Waals surface area contributed by atoms with E-state index in [9.17, 15) is 14.3 Å². The van der Waals surface area contributed by atoms with E-state index in [1.807, 2.05) is 0 Å². The lowest BCUT2D eigenvalue weighted by molar-refractivity contribution is -0.111. The van der Waals surface area contributed by atoms with Gasteiger partial charge in [-0.15, -0.1) is 0 Å². The molecule has 0 saturated carbocycles. The number of hydrogen-bond donors (Lipinski definition) is 3. The van der Waals surface area contributed by atoms with Crippen molar-refractivity contribution in [1.29, 1.82) is 0 Å². The van der Waals surface area contributed by atoms with Gasteiger partial charge in [-0.25, -0.2) is 14.4 Å². The summed E-state index contributed by atoms with van der Waals surface area (Å²) in [5.41, 5.74) is 2.03. The molecule has 1 fully saturated rings. The van der Waals surface area contributed by atoms with Crippen molar-refractivity contribution >= 4 is 40.5 Å². The average Bonchev–Trinajstić information content (AvgIpc) is 2.80. The summed E-state index contributed by atoms with van der Waals surface area (Å²) in [5, 5.41) is 16.3. The fraction of sp³-hybridized carbons (Fsp3) is 0.174. The maximum absolute atomic E-state index is 14.8. The molecule has 1 aliphatic heterocycles. The summed E-state index contributed by atoms with van der Waals surface area (Å²) in [6.07, 6.45) is 2.59. The number of morpholine rings is 1. The van der Waals surface area contributed by atoms with Gasteiger partial charge in [0.05, 0.1) is 30.1 Å². The summed E-state index contributed by atoms with van der Waals surface area (Å²) in [4.78, 5) is 21.9. The van der Waals surface area contributed by atoms with Crippen molar-refractivity contribution in [2.45, 2.75) is 0 Å². The molecule has 0 radical (unpaired) electrons.